The Morgan fingerprint density at radius 3 is 3.23 bits per heavy atom. The minimum Gasteiger partial charge on any atom is -0.467 e. The zero-order valence-electron chi connectivity index (χ0n) is 12.2. The first-order valence-electron chi connectivity index (χ1n) is 7.48. The van der Waals surface area contributed by atoms with Gasteiger partial charge in [0.2, 0.25) is 0 Å². The fraction of sp³-hybridized carbons (Fsp3) is 0.467. The van der Waals surface area contributed by atoms with Crippen LogP contribution >= 0.6 is 0 Å². The van der Waals surface area contributed by atoms with Crippen LogP contribution in [0.15, 0.2) is 35.1 Å². The molecule has 3 heterocycles. The molecule has 1 aliphatic rings. The molecule has 3 rings (SSSR count). The molecule has 118 valence electrons. The largest absolute Gasteiger partial charge is 0.467 e. The Morgan fingerprint density at radius 1 is 1.59 bits per heavy atom. The van der Waals surface area contributed by atoms with Crippen LogP contribution in [0.25, 0.3) is 0 Å². The lowest BCUT2D eigenvalue weighted by atomic mass is 10.1. The van der Waals surface area contributed by atoms with E-state index in [-0.39, 0.29) is 12.1 Å². The molecule has 7 nitrogen and oxygen atoms in total. The predicted molar refractivity (Wildman–Crippen MR) is 78.8 cm³/mol. The molecule has 0 aromatic carbocycles. The van der Waals surface area contributed by atoms with E-state index in [1.165, 1.54) is 0 Å². The number of carbonyl (C=O) groups is 1. The average molecular weight is 304 g/mol. The Morgan fingerprint density at radius 2 is 2.50 bits per heavy atom. The maximum atomic E-state index is 12.3. The molecule has 7 heteroatoms. The van der Waals surface area contributed by atoms with Crippen LogP contribution in [0.5, 0.6) is 0 Å². The van der Waals surface area contributed by atoms with Crippen molar-refractivity contribution in [1.82, 2.24) is 20.4 Å². The number of amides is 2. The molecule has 0 saturated carbocycles. The number of likely N-dealkylation sites (tertiary alicyclic amines) is 1. The van der Waals surface area contributed by atoms with E-state index in [9.17, 15) is 9.90 Å². The number of nitrogens with zero attached hydrogens (tertiary/aromatic N) is 2. The van der Waals surface area contributed by atoms with Gasteiger partial charge in [0.05, 0.1) is 18.5 Å². The summed E-state index contributed by atoms with van der Waals surface area (Å²) in [4.78, 5) is 14.1. The Kier molecular flexibility index (Phi) is 4.43. The topological polar surface area (TPSA) is 94.4 Å². The number of furan rings is 1. The number of rotatable bonds is 5. The lowest BCUT2D eigenvalue weighted by Gasteiger charge is -2.26. The summed E-state index contributed by atoms with van der Waals surface area (Å²) in [5, 5.41) is 19.7. The summed E-state index contributed by atoms with van der Waals surface area (Å²) in [5.74, 6) is 0.546. The molecular weight excluding hydrogens is 284 g/mol. The van der Waals surface area contributed by atoms with Gasteiger partial charge in [0.1, 0.15) is 11.9 Å². The number of carbonyl (C=O) groups excluding carboxylic acids is 1. The highest BCUT2D eigenvalue weighted by Gasteiger charge is 2.31. The average Bonchev–Trinajstić information content (AvgIpc) is 3.25. The molecule has 1 fully saturated rings. The zero-order chi connectivity index (χ0) is 15.4. The van der Waals surface area contributed by atoms with Crippen molar-refractivity contribution in [3.8, 4) is 0 Å². The van der Waals surface area contributed by atoms with Gasteiger partial charge in [-0.15, -0.1) is 0 Å². The second kappa shape index (κ2) is 6.65. The number of aliphatic hydroxyl groups is 1. The van der Waals surface area contributed by atoms with Gasteiger partial charge in [0, 0.05) is 25.2 Å². The molecule has 0 aliphatic carbocycles. The Bertz CT molecular complexity index is 582. The SMILES string of the molecule is O=C(NCc1ccn[nH]1)N1CCCC1CC(O)c1ccco1. The van der Waals surface area contributed by atoms with Crippen LogP contribution < -0.4 is 5.32 Å². The minimum absolute atomic E-state index is 0.0295. The molecule has 2 aromatic rings. The summed E-state index contributed by atoms with van der Waals surface area (Å²) in [6.45, 7) is 1.13. The van der Waals surface area contributed by atoms with Gasteiger partial charge in [-0.2, -0.15) is 5.10 Å². The van der Waals surface area contributed by atoms with Gasteiger partial charge in [-0.05, 0) is 31.0 Å². The van der Waals surface area contributed by atoms with Gasteiger partial charge in [-0.1, -0.05) is 0 Å². The maximum Gasteiger partial charge on any atom is 0.317 e. The lowest BCUT2D eigenvalue weighted by molar-refractivity contribution is 0.108. The summed E-state index contributed by atoms with van der Waals surface area (Å²) >= 11 is 0. The third kappa shape index (κ3) is 3.30. The Labute approximate surface area is 128 Å². The van der Waals surface area contributed by atoms with Crippen molar-refractivity contribution in [2.45, 2.75) is 38.0 Å². The van der Waals surface area contributed by atoms with E-state index >= 15 is 0 Å². The van der Waals surface area contributed by atoms with Crippen molar-refractivity contribution in [2.75, 3.05) is 6.54 Å². The smallest absolute Gasteiger partial charge is 0.317 e. The van der Waals surface area contributed by atoms with E-state index < -0.39 is 6.10 Å². The van der Waals surface area contributed by atoms with E-state index in [0.717, 1.165) is 18.5 Å². The number of H-pyrrole nitrogens is 1. The minimum atomic E-state index is -0.680. The first-order valence-corrected chi connectivity index (χ1v) is 7.48. The van der Waals surface area contributed by atoms with Gasteiger partial charge < -0.3 is 19.7 Å². The number of aliphatic hydroxyl groups excluding tert-OH is 1. The molecule has 1 aliphatic heterocycles. The highest BCUT2D eigenvalue weighted by atomic mass is 16.4. The molecule has 0 bridgehead atoms. The van der Waals surface area contributed by atoms with E-state index in [1.807, 2.05) is 6.07 Å². The molecule has 22 heavy (non-hydrogen) atoms. The Balaban J connectivity index is 1.54. The maximum absolute atomic E-state index is 12.3. The summed E-state index contributed by atoms with van der Waals surface area (Å²) in [6, 6.07) is 5.25. The number of nitrogens with one attached hydrogen (secondary N) is 2. The van der Waals surface area contributed by atoms with Gasteiger partial charge in [0.15, 0.2) is 0 Å². The van der Waals surface area contributed by atoms with Crippen molar-refractivity contribution < 1.29 is 14.3 Å². The second-order valence-electron chi connectivity index (χ2n) is 5.50. The quantitative estimate of drug-likeness (QED) is 0.785. The third-order valence-corrected chi connectivity index (χ3v) is 3.99. The fourth-order valence-corrected chi connectivity index (χ4v) is 2.86. The zero-order valence-corrected chi connectivity index (χ0v) is 12.2. The van der Waals surface area contributed by atoms with Crippen LogP contribution in [0.2, 0.25) is 0 Å². The van der Waals surface area contributed by atoms with Crippen LogP contribution in [-0.4, -0.2) is 38.8 Å². The molecular formula is C15H20N4O3. The van der Waals surface area contributed by atoms with Crippen LogP contribution in [0, 0.1) is 0 Å². The first-order chi connectivity index (χ1) is 10.7. The number of hydrogen-bond acceptors (Lipinski definition) is 4. The number of aromatic amines is 1. The lowest BCUT2D eigenvalue weighted by Crippen LogP contribution is -2.43. The van der Waals surface area contributed by atoms with Crippen molar-refractivity contribution in [3.63, 3.8) is 0 Å². The van der Waals surface area contributed by atoms with E-state index in [2.05, 4.69) is 15.5 Å². The standard InChI is InChI=1S/C15H20N4O3/c20-13(14-4-2-8-22-14)9-12-3-1-7-19(12)15(21)16-10-11-5-6-17-18-11/h2,4-6,8,12-13,20H,1,3,7,9-10H2,(H,16,21)(H,17,18). The van der Waals surface area contributed by atoms with Crippen LogP contribution in [0.3, 0.4) is 0 Å². The summed E-state index contributed by atoms with van der Waals surface area (Å²) in [7, 11) is 0. The van der Waals surface area contributed by atoms with E-state index in [1.54, 1.807) is 29.5 Å². The van der Waals surface area contributed by atoms with E-state index in [0.29, 0.717) is 25.3 Å². The first kappa shape index (κ1) is 14.6. The second-order valence-corrected chi connectivity index (χ2v) is 5.50. The third-order valence-electron chi connectivity index (χ3n) is 3.99. The molecule has 2 unspecified atom stereocenters. The molecule has 3 N–H and O–H groups in total. The summed E-state index contributed by atoms with van der Waals surface area (Å²) < 4.78 is 5.22. The number of hydrogen-bond donors (Lipinski definition) is 3. The van der Waals surface area contributed by atoms with Gasteiger partial charge in [-0.3, -0.25) is 5.10 Å². The fourth-order valence-electron chi connectivity index (χ4n) is 2.86. The highest BCUT2D eigenvalue weighted by molar-refractivity contribution is 5.74. The molecule has 1 saturated heterocycles. The van der Waals surface area contributed by atoms with Gasteiger partial charge in [0.25, 0.3) is 0 Å². The Hall–Kier alpha value is -2.28. The van der Waals surface area contributed by atoms with Crippen molar-refractivity contribution in [1.29, 1.82) is 0 Å². The molecule has 2 aromatic heterocycles. The normalized spacial score (nSPS) is 19.3. The van der Waals surface area contributed by atoms with Crippen LogP contribution in [-0.2, 0) is 6.54 Å². The van der Waals surface area contributed by atoms with Gasteiger partial charge in [-0.25, -0.2) is 4.79 Å². The van der Waals surface area contributed by atoms with Crippen LogP contribution in [0.1, 0.15) is 36.8 Å². The highest BCUT2D eigenvalue weighted by Crippen LogP contribution is 2.27. The number of urea groups is 1. The van der Waals surface area contributed by atoms with Gasteiger partial charge >= 0.3 is 6.03 Å². The predicted octanol–water partition coefficient (Wildman–Crippen LogP) is 1.80. The van der Waals surface area contributed by atoms with Crippen LogP contribution in [0.4, 0.5) is 4.79 Å². The molecule has 2 amide bonds. The van der Waals surface area contributed by atoms with Crippen molar-refractivity contribution in [3.05, 3.63) is 42.1 Å². The van der Waals surface area contributed by atoms with Crippen molar-refractivity contribution in [2.24, 2.45) is 0 Å². The van der Waals surface area contributed by atoms with Crippen molar-refractivity contribution >= 4 is 6.03 Å². The molecule has 0 spiro atoms. The monoisotopic (exact) mass is 304 g/mol. The van der Waals surface area contributed by atoms with E-state index in [4.69, 9.17) is 4.42 Å². The molecule has 2 atom stereocenters. The summed E-state index contributed by atoms with van der Waals surface area (Å²) in [6.07, 6.45) is 4.86. The summed E-state index contributed by atoms with van der Waals surface area (Å²) in [5.41, 5.74) is 0.861. The molecule has 0 radical (unpaired) electrons. The number of aromatic nitrogens is 2.